The number of carbonyl (C=O) groups excluding carboxylic acids is 1. The Kier molecular flexibility index (Phi) is 8.57. The fourth-order valence-electron chi connectivity index (χ4n) is 5.17. The summed E-state index contributed by atoms with van der Waals surface area (Å²) in [5, 5.41) is 11.9. The molecule has 1 amide bonds. The monoisotopic (exact) mass is 590 g/mol. The van der Waals surface area contributed by atoms with Gasteiger partial charge in [0.25, 0.3) is 6.43 Å². The van der Waals surface area contributed by atoms with E-state index in [2.05, 4.69) is 30.1 Å². The molecule has 0 saturated carbocycles. The van der Waals surface area contributed by atoms with Crippen molar-refractivity contribution in [3.05, 3.63) is 47.2 Å². The van der Waals surface area contributed by atoms with Crippen molar-refractivity contribution in [3.63, 3.8) is 0 Å². The number of alkyl halides is 2. The molecular formula is C28H37F3N6O3Si-. The number of rotatable bonds is 10. The molecule has 1 fully saturated rings. The molecule has 4 heterocycles. The molecule has 0 bridgehead atoms. The minimum Gasteiger partial charge on any atom is -0.379 e. The normalized spacial score (nSPS) is 17.4. The highest BCUT2D eigenvalue weighted by molar-refractivity contribution is 6.76. The highest BCUT2D eigenvalue weighted by atomic mass is 28.3. The SMILES string of the molecule is CC(=O)N1CCc2c(c(Nc3ccc(-c4cn(COCC[Si-](C)(C)C)nc4C(F)F)cc3F)nn2C2CCOC2)C1. The first-order chi connectivity index (χ1) is 19.5. The summed E-state index contributed by atoms with van der Waals surface area (Å²) in [5.41, 5.74) is 2.03. The van der Waals surface area contributed by atoms with Gasteiger partial charge in [0.2, 0.25) is 5.91 Å². The Morgan fingerprint density at radius 2 is 2.07 bits per heavy atom. The number of hydrogen-bond donors (Lipinski definition) is 1. The zero-order valence-electron chi connectivity index (χ0n) is 23.9. The van der Waals surface area contributed by atoms with Crippen LogP contribution in [-0.2, 0) is 34.0 Å². The summed E-state index contributed by atoms with van der Waals surface area (Å²) >= 11 is 0. The van der Waals surface area contributed by atoms with Crippen molar-refractivity contribution in [1.82, 2.24) is 24.5 Å². The van der Waals surface area contributed by atoms with E-state index >= 15 is 4.39 Å². The first-order valence-corrected chi connectivity index (χ1v) is 17.6. The lowest BCUT2D eigenvalue weighted by Crippen LogP contribution is -2.35. The number of benzene rings is 1. The summed E-state index contributed by atoms with van der Waals surface area (Å²) < 4.78 is 57.7. The summed E-state index contributed by atoms with van der Waals surface area (Å²) in [6.45, 7) is 11.0. The number of carbonyl (C=O) groups is 1. The van der Waals surface area contributed by atoms with E-state index in [-0.39, 0.29) is 35.5 Å². The highest BCUT2D eigenvalue weighted by Gasteiger charge is 2.31. The Labute approximate surface area is 238 Å². The Hall–Kier alpha value is -3.16. The van der Waals surface area contributed by atoms with Crippen molar-refractivity contribution in [3.8, 4) is 11.1 Å². The van der Waals surface area contributed by atoms with Crippen LogP contribution in [0.2, 0.25) is 25.7 Å². The maximum atomic E-state index is 15.4. The van der Waals surface area contributed by atoms with Gasteiger partial charge in [-0.3, -0.25) is 9.48 Å². The molecule has 9 nitrogen and oxygen atoms in total. The molecule has 13 heteroatoms. The van der Waals surface area contributed by atoms with E-state index in [1.54, 1.807) is 11.0 Å². The second kappa shape index (κ2) is 12.0. The van der Waals surface area contributed by atoms with Crippen molar-refractivity contribution in [2.24, 2.45) is 0 Å². The van der Waals surface area contributed by atoms with Crippen LogP contribution in [0, 0.1) is 5.82 Å². The average molecular weight is 591 g/mol. The van der Waals surface area contributed by atoms with Gasteiger partial charge in [-0.05, 0) is 24.1 Å². The van der Waals surface area contributed by atoms with Gasteiger partial charge in [-0.25, -0.2) is 17.9 Å². The van der Waals surface area contributed by atoms with Gasteiger partial charge in [0.05, 0.1) is 24.9 Å². The molecule has 1 atom stereocenters. The van der Waals surface area contributed by atoms with Gasteiger partial charge >= 0.3 is 0 Å². The van der Waals surface area contributed by atoms with E-state index in [0.717, 1.165) is 23.7 Å². The largest absolute Gasteiger partial charge is 0.379 e. The molecule has 0 spiro atoms. The summed E-state index contributed by atoms with van der Waals surface area (Å²) in [5.74, 6) is -0.180. The zero-order chi connectivity index (χ0) is 29.3. The third-order valence-corrected chi connectivity index (χ3v) is 9.24. The Morgan fingerprint density at radius 1 is 1.27 bits per heavy atom. The quantitative estimate of drug-likeness (QED) is 0.239. The number of aromatic nitrogens is 4. The predicted molar refractivity (Wildman–Crippen MR) is 151 cm³/mol. The van der Waals surface area contributed by atoms with Gasteiger partial charge in [-0.2, -0.15) is 29.8 Å². The van der Waals surface area contributed by atoms with Crippen LogP contribution >= 0.6 is 0 Å². The van der Waals surface area contributed by atoms with Crippen molar-refractivity contribution in [2.45, 2.75) is 71.2 Å². The first-order valence-electron chi connectivity index (χ1n) is 13.9. The van der Waals surface area contributed by atoms with Crippen LogP contribution in [0.25, 0.3) is 11.1 Å². The van der Waals surface area contributed by atoms with Crippen molar-refractivity contribution < 1.29 is 27.4 Å². The van der Waals surface area contributed by atoms with Crippen LogP contribution in [0.15, 0.2) is 24.4 Å². The van der Waals surface area contributed by atoms with Gasteiger partial charge in [0.1, 0.15) is 18.2 Å². The minimum atomic E-state index is -2.83. The lowest BCUT2D eigenvalue weighted by atomic mass is 10.0. The number of nitrogens with zero attached hydrogens (tertiary/aromatic N) is 5. The van der Waals surface area contributed by atoms with Gasteiger partial charge in [-0.1, -0.05) is 6.07 Å². The molecule has 1 unspecified atom stereocenters. The number of amides is 1. The van der Waals surface area contributed by atoms with Crippen LogP contribution in [0.3, 0.4) is 0 Å². The molecule has 223 valence electrons. The first kappa shape index (κ1) is 29.3. The summed E-state index contributed by atoms with van der Waals surface area (Å²) in [7, 11) is -1.29. The summed E-state index contributed by atoms with van der Waals surface area (Å²) in [6.07, 6.45) is 0.115. The molecule has 41 heavy (non-hydrogen) atoms. The Bertz CT molecular complexity index is 1400. The van der Waals surface area contributed by atoms with Crippen molar-refractivity contribution >= 4 is 25.5 Å². The standard InChI is InChI=1S/C28H37F3N6O3Si/c1-18(38)35-9-7-25-22(14-35)28(34-37(25)20-8-10-39-16-20)32-24-6-5-19(13-23(24)29)21-15-36(33-26(21)27(30)31)17-40-11-12-41(2,3)4/h5-6,13,15,20,27H,7-12,14,16-17H2,1-4H3,(H,32,34)/q-1. The molecular weight excluding hydrogens is 553 g/mol. The molecule has 1 saturated heterocycles. The maximum absolute atomic E-state index is 15.4. The molecule has 1 N–H and O–H groups in total. The molecule has 5 rings (SSSR count). The van der Waals surface area contributed by atoms with E-state index < -0.39 is 26.0 Å². The van der Waals surface area contributed by atoms with Crippen molar-refractivity contribution in [2.75, 3.05) is 31.7 Å². The van der Waals surface area contributed by atoms with Crippen LogP contribution in [0.1, 0.15) is 42.8 Å². The van der Waals surface area contributed by atoms with Crippen LogP contribution < -0.4 is 5.32 Å². The van der Waals surface area contributed by atoms with Crippen LogP contribution in [-0.4, -0.2) is 64.8 Å². The minimum absolute atomic E-state index is 0.0362. The van der Waals surface area contributed by atoms with Gasteiger partial charge < -0.3 is 19.7 Å². The lowest BCUT2D eigenvalue weighted by molar-refractivity contribution is -0.129. The van der Waals surface area contributed by atoms with Gasteiger partial charge in [-0.15, -0.1) is 14.1 Å². The third-order valence-electron chi connectivity index (χ3n) is 7.53. The topological polar surface area (TPSA) is 86.4 Å². The van der Waals surface area contributed by atoms with E-state index in [0.29, 0.717) is 45.1 Å². The predicted octanol–water partition coefficient (Wildman–Crippen LogP) is 5.75. The number of ether oxygens (including phenoxy) is 2. The molecule has 1 aromatic carbocycles. The summed E-state index contributed by atoms with van der Waals surface area (Å²) in [6, 6.07) is 5.35. The molecule has 3 aromatic rings. The molecule has 2 aliphatic heterocycles. The molecule has 0 aliphatic carbocycles. The number of nitrogens with one attached hydrogen (secondary N) is 1. The third kappa shape index (κ3) is 6.68. The van der Waals surface area contributed by atoms with E-state index in [9.17, 15) is 13.6 Å². The average Bonchev–Trinajstić information content (AvgIpc) is 3.66. The Morgan fingerprint density at radius 3 is 2.73 bits per heavy atom. The summed E-state index contributed by atoms with van der Waals surface area (Å²) in [4.78, 5) is 13.8. The Balaban J connectivity index is 1.38. The second-order valence-corrected chi connectivity index (χ2v) is 17.5. The maximum Gasteiger partial charge on any atom is 0.282 e. The van der Waals surface area contributed by atoms with Gasteiger partial charge in [0, 0.05) is 56.1 Å². The second-order valence-electron chi connectivity index (χ2n) is 11.9. The van der Waals surface area contributed by atoms with Crippen LogP contribution in [0.5, 0.6) is 0 Å². The molecule has 2 aromatic heterocycles. The number of fused-ring (bicyclic) bond motifs is 1. The lowest BCUT2D eigenvalue weighted by Gasteiger charge is -2.27. The number of halogens is 3. The highest BCUT2D eigenvalue weighted by Crippen LogP contribution is 2.35. The van der Waals surface area contributed by atoms with E-state index in [1.165, 1.54) is 29.9 Å². The van der Waals surface area contributed by atoms with E-state index in [4.69, 9.17) is 14.6 Å². The fourth-order valence-corrected chi connectivity index (χ4v) is 5.92. The fraction of sp³-hybridized carbons (Fsp3) is 0.536. The smallest absolute Gasteiger partial charge is 0.282 e. The number of anilines is 2. The van der Waals surface area contributed by atoms with Gasteiger partial charge in [0.15, 0.2) is 5.82 Å². The zero-order valence-corrected chi connectivity index (χ0v) is 24.9. The van der Waals surface area contributed by atoms with Crippen molar-refractivity contribution in [1.29, 1.82) is 0 Å². The molecule has 2 aliphatic rings. The molecule has 0 radical (unpaired) electrons. The number of hydrogen-bond acceptors (Lipinski definition) is 6. The van der Waals surface area contributed by atoms with E-state index in [1.807, 2.05) is 4.68 Å². The van der Waals surface area contributed by atoms with Crippen LogP contribution in [0.4, 0.5) is 24.7 Å².